The van der Waals surface area contributed by atoms with Gasteiger partial charge in [-0.2, -0.15) is 5.10 Å². The average molecular weight is 497 g/mol. The first-order chi connectivity index (χ1) is 16.1. The van der Waals surface area contributed by atoms with Crippen LogP contribution in [0.1, 0.15) is 11.1 Å². The van der Waals surface area contributed by atoms with Crippen LogP contribution < -0.4 is 0 Å². The first kappa shape index (κ1) is 21.0. The summed E-state index contributed by atoms with van der Waals surface area (Å²) in [4.78, 5) is 0. The number of halogens is 1. The van der Waals surface area contributed by atoms with Crippen molar-refractivity contribution in [2.24, 2.45) is 0 Å². The molecule has 4 nitrogen and oxygen atoms in total. The van der Waals surface area contributed by atoms with Crippen LogP contribution in [0.3, 0.4) is 0 Å². The highest BCUT2D eigenvalue weighted by Crippen LogP contribution is 2.37. The van der Waals surface area contributed by atoms with Crippen LogP contribution in [-0.4, -0.2) is 20.0 Å². The molecule has 2 N–H and O–H groups in total. The van der Waals surface area contributed by atoms with E-state index in [1.807, 2.05) is 71.4 Å². The molecule has 4 aromatic carbocycles. The van der Waals surface area contributed by atoms with Crippen molar-refractivity contribution in [1.82, 2.24) is 9.78 Å². The van der Waals surface area contributed by atoms with Gasteiger partial charge in [-0.15, -0.1) is 0 Å². The number of phenols is 2. The Hall–Kier alpha value is -3.83. The largest absolute Gasteiger partial charge is 0.508 e. The second-order valence-corrected chi connectivity index (χ2v) is 8.74. The van der Waals surface area contributed by atoms with Gasteiger partial charge in [-0.1, -0.05) is 46.3 Å². The third kappa shape index (κ3) is 4.41. The molecule has 0 saturated carbocycles. The van der Waals surface area contributed by atoms with Crippen molar-refractivity contribution in [3.63, 3.8) is 0 Å². The summed E-state index contributed by atoms with van der Waals surface area (Å²) < 4.78 is 2.95. The molecule has 0 aliphatic rings. The summed E-state index contributed by atoms with van der Waals surface area (Å²) in [5.41, 5.74) is 6.87. The van der Waals surface area contributed by atoms with Crippen LogP contribution in [0.5, 0.6) is 11.5 Å². The summed E-state index contributed by atoms with van der Waals surface area (Å²) in [5, 5.41) is 24.8. The van der Waals surface area contributed by atoms with E-state index in [-0.39, 0.29) is 11.5 Å². The monoisotopic (exact) mass is 496 g/mol. The molecule has 0 radical (unpaired) electrons. The fourth-order valence-corrected chi connectivity index (χ4v) is 4.22. The number of aromatic hydroxyl groups is 2. The molecule has 5 rings (SSSR count). The van der Waals surface area contributed by atoms with E-state index in [1.54, 1.807) is 24.3 Å². The molecule has 5 aromatic rings. The van der Waals surface area contributed by atoms with Crippen molar-refractivity contribution in [2.75, 3.05) is 0 Å². The highest BCUT2D eigenvalue weighted by atomic mass is 79.9. The van der Waals surface area contributed by atoms with Gasteiger partial charge < -0.3 is 10.2 Å². The quantitative estimate of drug-likeness (QED) is 0.276. The molecule has 5 heteroatoms. The van der Waals surface area contributed by atoms with Gasteiger partial charge >= 0.3 is 0 Å². The number of rotatable bonds is 5. The van der Waals surface area contributed by atoms with Crippen LogP contribution >= 0.6 is 15.9 Å². The van der Waals surface area contributed by atoms with Gasteiger partial charge in [-0.05, 0) is 78.4 Å². The summed E-state index contributed by atoms with van der Waals surface area (Å²) in [7, 11) is 0. The van der Waals surface area contributed by atoms with Gasteiger partial charge in [-0.25, -0.2) is 4.68 Å². The summed E-state index contributed by atoms with van der Waals surface area (Å²) in [6.45, 7) is 0. The highest BCUT2D eigenvalue weighted by molar-refractivity contribution is 9.10. The SMILES string of the molecule is Oc1ccc(-c2nn(-c3ccc(Br)cc3)c(-c3ccc(O)cc3)c2Cc2ccccc2)cc1. The van der Waals surface area contributed by atoms with Crippen LogP contribution in [0.2, 0.25) is 0 Å². The van der Waals surface area contributed by atoms with E-state index in [2.05, 4.69) is 28.1 Å². The van der Waals surface area contributed by atoms with E-state index >= 15 is 0 Å². The minimum absolute atomic E-state index is 0.217. The highest BCUT2D eigenvalue weighted by Gasteiger charge is 2.22. The fourth-order valence-electron chi connectivity index (χ4n) is 3.95. The molecule has 0 atom stereocenters. The van der Waals surface area contributed by atoms with Crippen molar-refractivity contribution in [2.45, 2.75) is 6.42 Å². The summed E-state index contributed by atoms with van der Waals surface area (Å²) in [6.07, 6.45) is 0.684. The standard InChI is InChI=1S/C28H21BrN2O2/c29-22-10-12-23(13-11-22)31-28(21-8-16-25(33)17-9-21)26(18-19-4-2-1-3-5-19)27(30-31)20-6-14-24(32)15-7-20/h1-17,32-33H,18H2. The van der Waals surface area contributed by atoms with Gasteiger partial charge in [-0.3, -0.25) is 0 Å². The van der Waals surface area contributed by atoms with E-state index in [0.29, 0.717) is 6.42 Å². The molecule has 0 spiro atoms. The zero-order valence-electron chi connectivity index (χ0n) is 17.7. The molecule has 0 saturated heterocycles. The van der Waals surface area contributed by atoms with E-state index in [1.165, 1.54) is 5.56 Å². The van der Waals surface area contributed by atoms with E-state index in [0.717, 1.165) is 38.2 Å². The molecule has 0 aliphatic carbocycles. The normalized spacial score (nSPS) is 10.9. The van der Waals surface area contributed by atoms with Crippen LogP contribution in [0, 0.1) is 0 Å². The van der Waals surface area contributed by atoms with E-state index < -0.39 is 0 Å². The van der Waals surface area contributed by atoms with Gasteiger partial charge in [0.2, 0.25) is 0 Å². The predicted molar refractivity (Wildman–Crippen MR) is 135 cm³/mol. The van der Waals surface area contributed by atoms with Gasteiger partial charge in [0, 0.05) is 27.6 Å². The molecule has 33 heavy (non-hydrogen) atoms. The Labute approximate surface area is 200 Å². The maximum absolute atomic E-state index is 9.88. The molecule has 162 valence electrons. The van der Waals surface area contributed by atoms with Gasteiger partial charge in [0.05, 0.1) is 17.1 Å². The Morgan fingerprint density at radius 2 is 1.24 bits per heavy atom. The number of benzene rings is 4. The van der Waals surface area contributed by atoms with E-state index in [9.17, 15) is 10.2 Å². The van der Waals surface area contributed by atoms with Crippen molar-refractivity contribution >= 4 is 15.9 Å². The number of hydrogen-bond donors (Lipinski definition) is 2. The summed E-state index contributed by atoms with van der Waals surface area (Å²) in [6, 6.07) is 32.7. The van der Waals surface area contributed by atoms with Crippen LogP contribution in [0.4, 0.5) is 0 Å². The lowest BCUT2D eigenvalue weighted by Gasteiger charge is -2.11. The third-order valence-corrected chi connectivity index (χ3v) is 6.09. The number of phenolic OH excluding ortho intramolecular Hbond substituents is 2. The zero-order chi connectivity index (χ0) is 22.8. The molecule has 1 aromatic heterocycles. The molecule has 1 heterocycles. The molecular formula is C28H21BrN2O2. The number of aromatic nitrogens is 2. The maximum Gasteiger partial charge on any atom is 0.115 e. The topological polar surface area (TPSA) is 58.3 Å². The van der Waals surface area contributed by atoms with Crippen molar-refractivity contribution in [1.29, 1.82) is 0 Å². The first-order valence-electron chi connectivity index (χ1n) is 10.6. The minimum atomic E-state index is 0.217. The lowest BCUT2D eigenvalue weighted by atomic mass is 9.96. The summed E-state index contributed by atoms with van der Waals surface area (Å²) >= 11 is 3.52. The van der Waals surface area contributed by atoms with Gasteiger partial charge in [0.1, 0.15) is 11.5 Å². The van der Waals surface area contributed by atoms with Crippen molar-refractivity contribution < 1.29 is 10.2 Å². The average Bonchev–Trinajstić information content (AvgIpc) is 3.20. The molecule has 0 aliphatic heterocycles. The Morgan fingerprint density at radius 1 is 0.667 bits per heavy atom. The smallest absolute Gasteiger partial charge is 0.115 e. The van der Waals surface area contributed by atoms with Crippen LogP contribution in [0.25, 0.3) is 28.2 Å². The third-order valence-electron chi connectivity index (χ3n) is 5.56. The fraction of sp³-hybridized carbons (Fsp3) is 0.0357. The molecule has 0 unspecified atom stereocenters. The summed E-state index contributed by atoms with van der Waals surface area (Å²) in [5.74, 6) is 0.436. The van der Waals surface area contributed by atoms with Crippen LogP contribution in [-0.2, 0) is 6.42 Å². The molecule has 0 amide bonds. The second-order valence-electron chi connectivity index (χ2n) is 7.82. The zero-order valence-corrected chi connectivity index (χ0v) is 19.3. The number of hydrogen-bond acceptors (Lipinski definition) is 3. The molecule has 0 fully saturated rings. The van der Waals surface area contributed by atoms with Gasteiger partial charge in [0.25, 0.3) is 0 Å². The maximum atomic E-state index is 9.88. The first-order valence-corrected chi connectivity index (χ1v) is 11.4. The van der Waals surface area contributed by atoms with Gasteiger partial charge in [0.15, 0.2) is 0 Å². The number of nitrogens with zero attached hydrogens (tertiary/aromatic N) is 2. The Bertz CT molecular complexity index is 1380. The molecular weight excluding hydrogens is 476 g/mol. The van der Waals surface area contributed by atoms with E-state index in [4.69, 9.17) is 5.10 Å². The lowest BCUT2D eigenvalue weighted by Crippen LogP contribution is -2.00. The Balaban J connectivity index is 1.79. The van der Waals surface area contributed by atoms with Crippen molar-refractivity contribution in [3.8, 4) is 39.7 Å². The molecule has 0 bridgehead atoms. The lowest BCUT2D eigenvalue weighted by molar-refractivity contribution is 0.475. The minimum Gasteiger partial charge on any atom is -0.508 e. The van der Waals surface area contributed by atoms with Crippen LogP contribution in [0.15, 0.2) is 108 Å². The second kappa shape index (κ2) is 8.96. The Kier molecular flexibility index (Phi) is 5.71. The Morgan fingerprint density at radius 3 is 1.85 bits per heavy atom. The van der Waals surface area contributed by atoms with Crippen molar-refractivity contribution in [3.05, 3.63) is 119 Å². The predicted octanol–water partition coefficient (Wildman–Crippen LogP) is 6.97.